The summed E-state index contributed by atoms with van der Waals surface area (Å²) in [4.78, 5) is 0. The summed E-state index contributed by atoms with van der Waals surface area (Å²) in [6, 6.07) is 7.91. The van der Waals surface area contributed by atoms with Crippen LogP contribution in [0.3, 0.4) is 0 Å². The summed E-state index contributed by atoms with van der Waals surface area (Å²) in [6.07, 6.45) is -0.591. The molecule has 0 saturated heterocycles. The molecule has 0 bridgehead atoms. The van der Waals surface area contributed by atoms with Gasteiger partial charge in [0.25, 0.3) is 0 Å². The maximum atomic E-state index is 9.72. The normalized spacial score (nSPS) is 12.7. The fourth-order valence-electron chi connectivity index (χ4n) is 1.77. The Kier molecular flexibility index (Phi) is 8.26. The highest BCUT2D eigenvalue weighted by Crippen LogP contribution is 2.18. The summed E-state index contributed by atoms with van der Waals surface area (Å²) in [7, 11) is 0. The number of ether oxygens (including phenoxy) is 2. The van der Waals surface area contributed by atoms with Crippen molar-refractivity contribution in [3.63, 3.8) is 0 Å². The van der Waals surface area contributed by atoms with Gasteiger partial charge in [-0.05, 0) is 25.5 Å². The Morgan fingerprint density at radius 1 is 1.20 bits per heavy atom. The molecular weight excluding hydrogens is 254 g/mol. The van der Waals surface area contributed by atoms with Crippen LogP contribution in [-0.4, -0.2) is 37.6 Å². The summed E-state index contributed by atoms with van der Waals surface area (Å²) in [6.45, 7) is 9.18. The van der Waals surface area contributed by atoms with Crippen LogP contribution in [0.4, 0.5) is 0 Å². The number of hydrogen-bond donors (Lipinski definition) is 2. The van der Waals surface area contributed by atoms with Gasteiger partial charge in [0.15, 0.2) is 0 Å². The third-order valence-corrected chi connectivity index (χ3v) is 2.79. The van der Waals surface area contributed by atoms with E-state index in [1.807, 2.05) is 31.2 Å². The largest absolute Gasteiger partial charge is 0.490 e. The van der Waals surface area contributed by atoms with Crippen LogP contribution in [-0.2, 0) is 11.3 Å². The minimum Gasteiger partial charge on any atom is -0.490 e. The van der Waals surface area contributed by atoms with Gasteiger partial charge in [-0.25, -0.2) is 0 Å². The highest BCUT2D eigenvalue weighted by atomic mass is 16.5. The second kappa shape index (κ2) is 9.75. The van der Waals surface area contributed by atoms with Gasteiger partial charge in [-0.3, -0.25) is 0 Å². The monoisotopic (exact) mass is 281 g/mol. The van der Waals surface area contributed by atoms with Gasteiger partial charge < -0.3 is 19.9 Å². The molecule has 1 unspecified atom stereocenters. The number of nitrogens with one attached hydrogen (secondary N) is 1. The average Bonchev–Trinajstić information content (AvgIpc) is 2.43. The lowest BCUT2D eigenvalue weighted by Crippen LogP contribution is -2.24. The molecule has 2 N–H and O–H groups in total. The van der Waals surface area contributed by atoms with E-state index in [0.29, 0.717) is 19.1 Å². The van der Waals surface area contributed by atoms with Gasteiger partial charge in [-0.2, -0.15) is 0 Å². The van der Waals surface area contributed by atoms with Crippen molar-refractivity contribution in [3.8, 4) is 5.75 Å². The van der Waals surface area contributed by atoms with E-state index in [-0.39, 0.29) is 6.61 Å². The molecule has 1 aromatic rings. The van der Waals surface area contributed by atoms with Crippen molar-refractivity contribution in [2.24, 2.45) is 5.92 Å². The molecule has 0 aliphatic heterocycles. The van der Waals surface area contributed by atoms with Crippen LogP contribution in [0.2, 0.25) is 0 Å². The molecule has 0 aliphatic rings. The fourth-order valence-corrected chi connectivity index (χ4v) is 1.77. The Bertz CT molecular complexity index is 368. The molecule has 0 aliphatic carbocycles. The summed E-state index contributed by atoms with van der Waals surface area (Å²) in [5.41, 5.74) is 1.11. The number of aliphatic hydroxyl groups is 1. The van der Waals surface area contributed by atoms with Crippen LogP contribution in [0.1, 0.15) is 26.3 Å². The fraction of sp³-hybridized carbons (Fsp3) is 0.625. The first kappa shape index (κ1) is 17.0. The molecule has 0 saturated carbocycles. The first-order valence-corrected chi connectivity index (χ1v) is 7.30. The molecule has 0 spiro atoms. The Morgan fingerprint density at radius 3 is 2.65 bits per heavy atom. The van der Waals surface area contributed by atoms with Crippen molar-refractivity contribution in [1.29, 1.82) is 0 Å². The Morgan fingerprint density at radius 2 is 1.95 bits per heavy atom. The highest BCUT2D eigenvalue weighted by molar-refractivity contribution is 5.33. The molecule has 0 radical (unpaired) electrons. The van der Waals surface area contributed by atoms with E-state index < -0.39 is 6.10 Å². The van der Waals surface area contributed by atoms with E-state index in [1.54, 1.807) is 0 Å². The van der Waals surface area contributed by atoms with Crippen LogP contribution >= 0.6 is 0 Å². The predicted molar refractivity (Wildman–Crippen MR) is 81.0 cm³/mol. The summed E-state index contributed by atoms with van der Waals surface area (Å²) < 4.78 is 10.8. The molecule has 0 heterocycles. The van der Waals surface area contributed by atoms with Crippen molar-refractivity contribution in [2.75, 3.05) is 26.4 Å². The standard InChI is InChI=1S/C16H27NO3/c1-4-19-11-15(18)12-20-16-8-6-5-7-14(16)10-17-9-13(2)3/h5-8,13,15,17-18H,4,9-12H2,1-3H3. The average molecular weight is 281 g/mol. The van der Waals surface area contributed by atoms with E-state index in [4.69, 9.17) is 9.47 Å². The zero-order chi connectivity index (χ0) is 14.8. The van der Waals surface area contributed by atoms with Gasteiger partial charge in [0, 0.05) is 18.7 Å². The first-order valence-electron chi connectivity index (χ1n) is 7.30. The quantitative estimate of drug-likeness (QED) is 0.690. The molecular formula is C16H27NO3. The number of benzene rings is 1. The molecule has 0 aromatic heterocycles. The minimum absolute atomic E-state index is 0.251. The SMILES string of the molecule is CCOCC(O)COc1ccccc1CNCC(C)C. The number of para-hydroxylation sites is 1. The lowest BCUT2D eigenvalue weighted by Gasteiger charge is -2.15. The second-order valence-electron chi connectivity index (χ2n) is 5.26. The highest BCUT2D eigenvalue weighted by Gasteiger charge is 2.08. The zero-order valence-corrected chi connectivity index (χ0v) is 12.8. The summed E-state index contributed by atoms with van der Waals surface area (Å²) in [5.74, 6) is 1.44. The van der Waals surface area contributed by atoms with Crippen molar-refractivity contribution in [1.82, 2.24) is 5.32 Å². The van der Waals surface area contributed by atoms with Gasteiger partial charge in [-0.1, -0.05) is 32.0 Å². The first-order chi connectivity index (χ1) is 9.63. The third-order valence-electron chi connectivity index (χ3n) is 2.79. The smallest absolute Gasteiger partial charge is 0.123 e. The molecule has 0 amide bonds. The molecule has 4 heteroatoms. The zero-order valence-electron chi connectivity index (χ0n) is 12.8. The number of hydrogen-bond acceptors (Lipinski definition) is 4. The molecule has 0 fully saturated rings. The lowest BCUT2D eigenvalue weighted by molar-refractivity contribution is 0.0162. The van der Waals surface area contributed by atoms with Gasteiger partial charge in [0.1, 0.15) is 18.5 Å². The number of aliphatic hydroxyl groups excluding tert-OH is 1. The van der Waals surface area contributed by atoms with Crippen molar-refractivity contribution in [2.45, 2.75) is 33.4 Å². The van der Waals surface area contributed by atoms with Crippen molar-refractivity contribution in [3.05, 3.63) is 29.8 Å². The maximum Gasteiger partial charge on any atom is 0.123 e. The van der Waals surface area contributed by atoms with E-state index in [1.165, 1.54) is 0 Å². The van der Waals surface area contributed by atoms with Crippen LogP contribution in [0.5, 0.6) is 5.75 Å². The molecule has 114 valence electrons. The van der Waals surface area contributed by atoms with Crippen LogP contribution in [0.15, 0.2) is 24.3 Å². The third kappa shape index (κ3) is 6.89. The van der Waals surface area contributed by atoms with Crippen molar-refractivity contribution >= 4 is 0 Å². The van der Waals surface area contributed by atoms with Crippen LogP contribution in [0, 0.1) is 5.92 Å². The van der Waals surface area contributed by atoms with Crippen molar-refractivity contribution < 1.29 is 14.6 Å². The Hall–Kier alpha value is -1.10. The van der Waals surface area contributed by atoms with Gasteiger partial charge in [0.05, 0.1) is 6.61 Å². The molecule has 4 nitrogen and oxygen atoms in total. The van der Waals surface area contributed by atoms with E-state index in [9.17, 15) is 5.11 Å². The van der Waals surface area contributed by atoms with E-state index in [0.717, 1.165) is 24.4 Å². The van der Waals surface area contributed by atoms with Crippen LogP contribution < -0.4 is 10.1 Å². The van der Waals surface area contributed by atoms with E-state index >= 15 is 0 Å². The molecule has 1 aromatic carbocycles. The second-order valence-corrected chi connectivity index (χ2v) is 5.26. The topological polar surface area (TPSA) is 50.7 Å². The molecule has 1 rings (SSSR count). The van der Waals surface area contributed by atoms with Gasteiger partial charge in [0.2, 0.25) is 0 Å². The van der Waals surface area contributed by atoms with E-state index in [2.05, 4.69) is 19.2 Å². The Balaban J connectivity index is 2.44. The van der Waals surface area contributed by atoms with Gasteiger partial charge >= 0.3 is 0 Å². The predicted octanol–water partition coefficient (Wildman–Crippen LogP) is 2.21. The molecule has 20 heavy (non-hydrogen) atoms. The minimum atomic E-state index is -0.591. The molecule has 1 atom stereocenters. The summed E-state index contributed by atoms with van der Waals surface area (Å²) >= 11 is 0. The Labute approximate surface area is 122 Å². The lowest BCUT2D eigenvalue weighted by atomic mass is 10.2. The summed E-state index contributed by atoms with van der Waals surface area (Å²) in [5, 5.41) is 13.1. The maximum absolute atomic E-state index is 9.72. The number of rotatable bonds is 10. The van der Waals surface area contributed by atoms with Gasteiger partial charge in [-0.15, -0.1) is 0 Å². The van der Waals surface area contributed by atoms with Crippen LogP contribution in [0.25, 0.3) is 0 Å².